The third kappa shape index (κ3) is 3.35. The van der Waals surface area contributed by atoms with Crippen LogP contribution in [0.2, 0.25) is 0 Å². The van der Waals surface area contributed by atoms with E-state index in [0.717, 1.165) is 6.29 Å². The summed E-state index contributed by atoms with van der Waals surface area (Å²) < 4.78 is 0. The van der Waals surface area contributed by atoms with Gasteiger partial charge in [0, 0.05) is 5.92 Å². The average molecular weight is 143 g/mol. The molecule has 0 radical (unpaired) electrons. The number of rotatable bonds is 4. The van der Waals surface area contributed by atoms with Crippen molar-refractivity contribution in [3.05, 3.63) is 0 Å². The highest BCUT2D eigenvalue weighted by Crippen LogP contribution is 2.08. The Bertz CT molecular complexity index is 132. The number of aldehydes is 2. The molecule has 3 nitrogen and oxygen atoms in total. The molecule has 0 amide bonds. The fourth-order valence-corrected chi connectivity index (χ4v) is 0.790. The van der Waals surface area contributed by atoms with Crippen molar-refractivity contribution in [1.29, 1.82) is 0 Å². The van der Waals surface area contributed by atoms with Gasteiger partial charge >= 0.3 is 0 Å². The number of nitrogens with two attached hydrogens (primary N) is 1. The molecule has 3 heteroatoms. The second kappa shape index (κ2) is 3.46. The molecule has 0 aromatic carbocycles. The van der Waals surface area contributed by atoms with Crippen LogP contribution in [0.3, 0.4) is 0 Å². The minimum Gasteiger partial charge on any atom is -0.319 e. The van der Waals surface area contributed by atoms with Crippen LogP contribution < -0.4 is 5.73 Å². The van der Waals surface area contributed by atoms with Crippen LogP contribution in [-0.2, 0) is 9.59 Å². The van der Waals surface area contributed by atoms with Crippen molar-refractivity contribution >= 4 is 12.6 Å². The molecule has 0 aromatic rings. The molecule has 0 aliphatic rings. The molecule has 2 atom stereocenters. The Morgan fingerprint density at radius 2 is 2.10 bits per heavy atom. The van der Waals surface area contributed by atoms with Crippen molar-refractivity contribution in [1.82, 2.24) is 0 Å². The largest absolute Gasteiger partial charge is 0.319 e. The highest BCUT2D eigenvalue weighted by molar-refractivity contribution is 5.64. The average Bonchev–Trinajstić information content (AvgIpc) is 1.87. The van der Waals surface area contributed by atoms with Crippen LogP contribution in [0.5, 0.6) is 0 Å². The second-order valence-corrected chi connectivity index (χ2v) is 2.94. The SMILES string of the molecule is CC(C=O)CC(C)(N)C=O. The quantitative estimate of drug-likeness (QED) is 0.569. The summed E-state index contributed by atoms with van der Waals surface area (Å²) in [5, 5.41) is 0. The van der Waals surface area contributed by atoms with Gasteiger partial charge in [-0.2, -0.15) is 0 Å². The summed E-state index contributed by atoms with van der Waals surface area (Å²) in [5.41, 5.74) is 4.62. The number of carbonyl (C=O) groups is 2. The molecule has 2 unspecified atom stereocenters. The number of hydrogen-bond acceptors (Lipinski definition) is 3. The van der Waals surface area contributed by atoms with Crippen molar-refractivity contribution in [2.75, 3.05) is 0 Å². The van der Waals surface area contributed by atoms with Gasteiger partial charge in [-0.25, -0.2) is 0 Å². The van der Waals surface area contributed by atoms with Gasteiger partial charge in [-0.05, 0) is 13.3 Å². The molecule has 0 aromatic heterocycles. The summed E-state index contributed by atoms with van der Waals surface area (Å²) in [6.07, 6.45) is 1.89. The highest BCUT2D eigenvalue weighted by Gasteiger charge is 2.19. The topological polar surface area (TPSA) is 60.2 Å². The van der Waals surface area contributed by atoms with E-state index in [1.165, 1.54) is 0 Å². The van der Waals surface area contributed by atoms with E-state index in [2.05, 4.69) is 0 Å². The first-order chi connectivity index (χ1) is 4.52. The third-order valence-electron chi connectivity index (χ3n) is 1.26. The Hall–Kier alpha value is -0.700. The van der Waals surface area contributed by atoms with Gasteiger partial charge in [0.05, 0.1) is 5.54 Å². The Kier molecular flexibility index (Phi) is 3.22. The summed E-state index contributed by atoms with van der Waals surface area (Å²) in [6.45, 7) is 3.35. The van der Waals surface area contributed by atoms with Gasteiger partial charge in [0.25, 0.3) is 0 Å². The smallest absolute Gasteiger partial charge is 0.139 e. The van der Waals surface area contributed by atoms with Crippen LogP contribution in [0.1, 0.15) is 20.3 Å². The van der Waals surface area contributed by atoms with E-state index in [1.54, 1.807) is 13.8 Å². The van der Waals surface area contributed by atoms with Crippen LogP contribution in [0.25, 0.3) is 0 Å². The summed E-state index contributed by atoms with van der Waals surface area (Å²) in [7, 11) is 0. The first kappa shape index (κ1) is 9.30. The highest BCUT2D eigenvalue weighted by atomic mass is 16.1. The van der Waals surface area contributed by atoms with Crippen LogP contribution in [-0.4, -0.2) is 18.1 Å². The lowest BCUT2D eigenvalue weighted by Gasteiger charge is -2.17. The molecule has 10 heavy (non-hydrogen) atoms. The number of hydrogen-bond donors (Lipinski definition) is 1. The van der Waals surface area contributed by atoms with Gasteiger partial charge in [0.15, 0.2) is 0 Å². The maximum Gasteiger partial charge on any atom is 0.139 e. The zero-order valence-electron chi connectivity index (χ0n) is 6.33. The Morgan fingerprint density at radius 3 is 2.40 bits per heavy atom. The van der Waals surface area contributed by atoms with Gasteiger partial charge in [-0.3, -0.25) is 0 Å². The molecule has 0 fully saturated rings. The molecule has 0 aliphatic carbocycles. The molecule has 0 aliphatic heterocycles. The van der Waals surface area contributed by atoms with E-state index in [1.807, 2.05) is 0 Å². The molecular formula is C7H13NO2. The van der Waals surface area contributed by atoms with Crippen LogP contribution in [0, 0.1) is 5.92 Å². The van der Waals surface area contributed by atoms with Crippen molar-refractivity contribution in [2.24, 2.45) is 11.7 Å². The van der Waals surface area contributed by atoms with Crippen molar-refractivity contribution in [3.63, 3.8) is 0 Å². The maximum absolute atomic E-state index is 10.2. The van der Waals surface area contributed by atoms with Crippen LogP contribution >= 0.6 is 0 Å². The summed E-state index contributed by atoms with van der Waals surface area (Å²) in [5.74, 6) is -0.139. The Labute approximate surface area is 60.6 Å². The summed E-state index contributed by atoms with van der Waals surface area (Å²) in [6, 6.07) is 0. The first-order valence-corrected chi connectivity index (χ1v) is 3.22. The Morgan fingerprint density at radius 1 is 1.60 bits per heavy atom. The minimum atomic E-state index is -0.847. The van der Waals surface area contributed by atoms with Gasteiger partial charge < -0.3 is 15.3 Å². The van der Waals surface area contributed by atoms with Crippen molar-refractivity contribution < 1.29 is 9.59 Å². The predicted octanol–water partition coefficient (Wildman–Crippen LogP) is 0.128. The van der Waals surface area contributed by atoms with Gasteiger partial charge in [0.1, 0.15) is 12.6 Å². The van der Waals surface area contributed by atoms with Crippen molar-refractivity contribution in [3.8, 4) is 0 Å². The van der Waals surface area contributed by atoms with Gasteiger partial charge in [-0.1, -0.05) is 6.92 Å². The van der Waals surface area contributed by atoms with E-state index in [0.29, 0.717) is 12.7 Å². The predicted molar refractivity (Wildman–Crippen MR) is 38.5 cm³/mol. The standard InChI is InChI=1S/C7H13NO2/c1-6(4-9)3-7(2,8)5-10/h4-6H,3,8H2,1-2H3. The van der Waals surface area contributed by atoms with E-state index in [9.17, 15) is 9.59 Å². The molecule has 0 saturated carbocycles. The van der Waals surface area contributed by atoms with Gasteiger partial charge in [-0.15, -0.1) is 0 Å². The molecule has 2 N–H and O–H groups in total. The van der Waals surface area contributed by atoms with Crippen LogP contribution in [0.15, 0.2) is 0 Å². The summed E-state index contributed by atoms with van der Waals surface area (Å²) >= 11 is 0. The molecule has 0 heterocycles. The summed E-state index contributed by atoms with van der Waals surface area (Å²) in [4.78, 5) is 20.4. The molecular weight excluding hydrogens is 130 g/mol. The molecule has 0 bridgehead atoms. The zero-order chi connectivity index (χ0) is 8.20. The fraction of sp³-hybridized carbons (Fsp3) is 0.714. The maximum atomic E-state index is 10.2. The lowest BCUT2D eigenvalue weighted by molar-refractivity contribution is -0.114. The minimum absolute atomic E-state index is 0.139. The molecule has 0 saturated heterocycles. The van der Waals surface area contributed by atoms with Crippen LogP contribution in [0.4, 0.5) is 0 Å². The Balaban J connectivity index is 3.86. The van der Waals surface area contributed by atoms with E-state index in [4.69, 9.17) is 5.73 Å². The second-order valence-electron chi connectivity index (χ2n) is 2.94. The monoisotopic (exact) mass is 143 g/mol. The van der Waals surface area contributed by atoms with Crippen molar-refractivity contribution in [2.45, 2.75) is 25.8 Å². The molecule has 58 valence electrons. The molecule has 0 rings (SSSR count). The third-order valence-corrected chi connectivity index (χ3v) is 1.26. The van der Waals surface area contributed by atoms with E-state index < -0.39 is 5.54 Å². The fourth-order valence-electron chi connectivity index (χ4n) is 0.790. The van der Waals surface area contributed by atoms with Gasteiger partial charge in [0.2, 0.25) is 0 Å². The lowest BCUT2D eigenvalue weighted by Crippen LogP contribution is -2.39. The van der Waals surface area contributed by atoms with E-state index >= 15 is 0 Å². The number of carbonyl (C=O) groups excluding carboxylic acids is 2. The lowest BCUT2D eigenvalue weighted by atomic mass is 9.93. The first-order valence-electron chi connectivity index (χ1n) is 3.22. The molecule has 0 spiro atoms. The van der Waals surface area contributed by atoms with E-state index in [-0.39, 0.29) is 5.92 Å². The normalized spacial score (nSPS) is 19.1. The zero-order valence-corrected chi connectivity index (χ0v) is 6.33.